The van der Waals surface area contributed by atoms with Gasteiger partial charge in [-0.1, -0.05) is 39.0 Å². The topological polar surface area (TPSA) is 35.5 Å². The van der Waals surface area contributed by atoms with Gasteiger partial charge in [-0.05, 0) is 86.5 Å². The van der Waals surface area contributed by atoms with E-state index in [2.05, 4.69) is 6.92 Å². The predicted octanol–water partition coefficient (Wildman–Crippen LogP) is 8.50. The molecule has 0 spiro atoms. The number of unbranched alkanes of at least 4 members (excludes halogenated alkanes) is 1. The van der Waals surface area contributed by atoms with Crippen molar-refractivity contribution in [3.63, 3.8) is 0 Å². The highest BCUT2D eigenvalue weighted by molar-refractivity contribution is 5.91. The third kappa shape index (κ3) is 7.04. The standard InChI is InChI=1S/C30H37F3O3/c1-2-3-4-20-5-9-22(10-6-20)23-11-7-21(8-12-23)19-35-25-15-13-24(14-16-25)30(34)36-26-17-27(31)29(33)28(32)18-26/h13-18,20-23H,2-12,19H2,1H3. The Balaban J connectivity index is 1.18. The molecule has 0 atom stereocenters. The number of halogens is 3. The molecule has 196 valence electrons. The van der Waals surface area contributed by atoms with Crippen LogP contribution in [0.15, 0.2) is 36.4 Å². The molecular formula is C30H37F3O3. The molecule has 0 amide bonds. The van der Waals surface area contributed by atoms with Crippen molar-refractivity contribution in [1.29, 1.82) is 0 Å². The molecule has 0 saturated heterocycles. The van der Waals surface area contributed by atoms with Gasteiger partial charge in [0.15, 0.2) is 17.5 Å². The number of benzene rings is 2. The van der Waals surface area contributed by atoms with Gasteiger partial charge in [0, 0.05) is 12.1 Å². The van der Waals surface area contributed by atoms with Crippen molar-refractivity contribution in [3.05, 3.63) is 59.4 Å². The van der Waals surface area contributed by atoms with Crippen LogP contribution >= 0.6 is 0 Å². The smallest absolute Gasteiger partial charge is 0.343 e. The van der Waals surface area contributed by atoms with E-state index in [-0.39, 0.29) is 5.56 Å². The molecule has 6 heteroatoms. The Morgan fingerprint density at radius 2 is 1.36 bits per heavy atom. The molecule has 2 saturated carbocycles. The molecule has 0 bridgehead atoms. The largest absolute Gasteiger partial charge is 0.493 e. The highest BCUT2D eigenvalue weighted by atomic mass is 19.2. The lowest BCUT2D eigenvalue weighted by Crippen LogP contribution is -2.27. The van der Waals surface area contributed by atoms with Gasteiger partial charge in [-0.2, -0.15) is 0 Å². The zero-order valence-corrected chi connectivity index (χ0v) is 21.1. The number of rotatable bonds is 9. The van der Waals surface area contributed by atoms with Crippen LogP contribution in [0.1, 0.15) is 87.9 Å². The maximum atomic E-state index is 13.3. The van der Waals surface area contributed by atoms with Crippen LogP contribution in [-0.2, 0) is 0 Å². The molecule has 0 aliphatic heterocycles. The summed E-state index contributed by atoms with van der Waals surface area (Å²) in [7, 11) is 0. The van der Waals surface area contributed by atoms with Crippen molar-refractivity contribution in [2.75, 3.05) is 6.61 Å². The molecule has 0 N–H and O–H groups in total. The molecule has 2 fully saturated rings. The van der Waals surface area contributed by atoms with E-state index in [9.17, 15) is 18.0 Å². The molecule has 2 aromatic rings. The van der Waals surface area contributed by atoms with Crippen LogP contribution in [0, 0.1) is 41.1 Å². The quantitative estimate of drug-likeness (QED) is 0.196. The van der Waals surface area contributed by atoms with Crippen molar-refractivity contribution in [3.8, 4) is 11.5 Å². The van der Waals surface area contributed by atoms with Gasteiger partial charge in [0.2, 0.25) is 0 Å². The van der Waals surface area contributed by atoms with Crippen molar-refractivity contribution < 1.29 is 27.4 Å². The van der Waals surface area contributed by atoms with E-state index in [0.29, 0.717) is 30.4 Å². The molecule has 0 unspecified atom stereocenters. The lowest BCUT2D eigenvalue weighted by atomic mass is 9.69. The maximum Gasteiger partial charge on any atom is 0.343 e. The summed E-state index contributed by atoms with van der Waals surface area (Å²) in [5.41, 5.74) is 0.206. The van der Waals surface area contributed by atoms with Gasteiger partial charge in [-0.15, -0.1) is 0 Å². The van der Waals surface area contributed by atoms with Crippen LogP contribution in [0.4, 0.5) is 13.2 Å². The van der Waals surface area contributed by atoms with Crippen LogP contribution in [0.2, 0.25) is 0 Å². The lowest BCUT2D eigenvalue weighted by molar-refractivity contribution is 0.0733. The number of esters is 1. The SMILES string of the molecule is CCCCC1CCC(C2CCC(COc3ccc(C(=O)Oc4cc(F)c(F)c(F)c4)cc3)CC2)CC1. The van der Waals surface area contributed by atoms with Crippen molar-refractivity contribution in [2.24, 2.45) is 23.7 Å². The van der Waals surface area contributed by atoms with E-state index in [1.807, 2.05) is 0 Å². The number of hydrogen-bond acceptors (Lipinski definition) is 3. The maximum absolute atomic E-state index is 13.3. The number of hydrogen-bond donors (Lipinski definition) is 0. The highest BCUT2D eigenvalue weighted by Crippen LogP contribution is 2.42. The third-order valence-electron chi connectivity index (χ3n) is 8.16. The van der Waals surface area contributed by atoms with Crippen molar-refractivity contribution >= 4 is 5.97 Å². The average molecular weight is 503 g/mol. The van der Waals surface area contributed by atoms with Crippen molar-refractivity contribution in [1.82, 2.24) is 0 Å². The second-order valence-electron chi connectivity index (χ2n) is 10.6. The third-order valence-corrected chi connectivity index (χ3v) is 8.16. The molecule has 2 aliphatic rings. The molecule has 4 rings (SSSR count). The van der Waals surface area contributed by atoms with E-state index in [1.54, 1.807) is 24.3 Å². The number of carbonyl (C=O) groups excluding carboxylic acids is 1. The van der Waals surface area contributed by atoms with Gasteiger partial charge < -0.3 is 9.47 Å². The van der Waals surface area contributed by atoms with Gasteiger partial charge in [0.05, 0.1) is 12.2 Å². The first-order valence-corrected chi connectivity index (χ1v) is 13.5. The second-order valence-corrected chi connectivity index (χ2v) is 10.6. The van der Waals surface area contributed by atoms with Crippen LogP contribution in [0.25, 0.3) is 0 Å². The Bertz CT molecular complexity index is 968. The Labute approximate surface area is 212 Å². The average Bonchev–Trinajstić information content (AvgIpc) is 2.90. The summed E-state index contributed by atoms with van der Waals surface area (Å²) in [5.74, 6) is -1.63. The fraction of sp³-hybridized carbons (Fsp3) is 0.567. The molecule has 3 nitrogen and oxygen atoms in total. The van der Waals surface area contributed by atoms with Crippen LogP contribution in [0.5, 0.6) is 11.5 Å². The fourth-order valence-corrected chi connectivity index (χ4v) is 5.93. The Morgan fingerprint density at radius 3 is 1.92 bits per heavy atom. The van der Waals surface area contributed by atoms with Gasteiger partial charge in [-0.25, -0.2) is 18.0 Å². The summed E-state index contributed by atoms with van der Waals surface area (Å²) >= 11 is 0. The minimum absolute atomic E-state index is 0.206. The van der Waals surface area contributed by atoms with E-state index in [4.69, 9.17) is 9.47 Å². The molecule has 2 aliphatic carbocycles. The van der Waals surface area contributed by atoms with E-state index in [0.717, 1.165) is 17.8 Å². The number of ether oxygens (including phenoxy) is 2. The number of carbonyl (C=O) groups is 1. The summed E-state index contributed by atoms with van der Waals surface area (Å²) in [6.45, 7) is 2.94. The summed E-state index contributed by atoms with van der Waals surface area (Å²) < 4.78 is 50.7. The van der Waals surface area contributed by atoms with Crippen LogP contribution in [0.3, 0.4) is 0 Å². The summed E-state index contributed by atoms with van der Waals surface area (Å²) in [6, 6.07) is 7.74. The second kappa shape index (κ2) is 12.6. The Morgan fingerprint density at radius 1 is 0.806 bits per heavy atom. The molecule has 0 aromatic heterocycles. The summed E-state index contributed by atoms with van der Waals surface area (Å²) in [5, 5.41) is 0. The molecule has 0 radical (unpaired) electrons. The first-order valence-electron chi connectivity index (χ1n) is 13.5. The first kappa shape index (κ1) is 26.6. The molecule has 36 heavy (non-hydrogen) atoms. The van der Waals surface area contributed by atoms with Gasteiger partial charge in [-0.3, -0.25) is 0 Å². The monoisotopic (exact) mass is 502 g/mol. The van der Waals surface area contributed by atoms with Crippen LogP contribution in [-0.4, -0.2) is 12.6 Å². The van der Waals surface area contributed by atoms with E-state index < -0.39 is 29.2 Å². The molecule has 0 heterocycles. The zero-order chi connectivity index (χ0) is 25.5. The van der Waals surface area contributed by atoms with Gasteiger partial charge in [0.1, 0.15) is 11.5 Å². The van der Waals surface area contributed by atoms with E-state index in [1.165, 1.54) is 70.6 Å². The summed E-state index contributed by atoms with van der Waals surface area (Å²) in [6.07, 6.45) is 14.8. The summed E-state index contributed by atoms with van der Waals surface area (Å²) in [4.78, 5) is 12.3. The molecule has 2 aromatic carbocycles. The van der Waals surface area contributed by atoms with Crippen molar-refractivity contribution in [2.45, 2.75) is 77.6 Å². The lowest BCUT2D eigenvalue weighted by Gasteiger charge is -2.37. The Hall–Kier alpha value is -2.50. The minimum atomic E-state index is -1.60. The van der Waals surface area contributed by atoms with Gasteiger partial charge >= 0.3 is 5.97 Å². The zero-order valence-electron chi connectivity index (χ0n) is 21.1. The predicted molar refractivity (Wildman–Crippen MR) is 134 cm³/mol. The highest BCUT2D eigenvalue weighted by Gasteiger charge is 2.31. The van der Waals surface area contributed by atoms with E-state index >= 15 is 0 Å². The van der Waals surface area contributed by atoms with Gasteiger partial charge in [0.25, 0.3) is 0 Å². The fourth-order valence-electron chi connectivity index (χ4n) is 5.93. The normalized spacial score (nSPS) is 24.3. The Kier molecular flexibility index (Phi) is 9.33. The minimum Gasteiger partial charge on any atom is -0.493 e. The van der Waals surface area contributed by atoms with Crippen LogP contribution < -0.4 is 9.47 Å². The molecular weight excluding hydrogens is 465 g/mol. The first-order chi connectivity index (χ1) is 17.4.